The van der Waals surface area contributed by atoms with Crippen molar-refractivity contribution in [2.75, 3.05) is 59.7 Å². The number of aryl methyl sites for hydroxylation is 1. The lowest BCUT2D eigenvalue weighted by Crippen LogP contribution is -2.48. The van der Waals surface area contributed by atoms with Gasteiger partial charge in [0.15, 0.2) is 0 Å². The summed E-state index contributed by atoms with van der Waals surface area (Å²) in [5, 5.41) is 16.6. The van der Waals surface area contributed by atoms with Gasteiger partial charge in [-0.25, -0.2) is 0 Å². The Morgan fingerprint density at radius 2 is 1.46 bits per heavy atom. The molecule has 39 heavy (non-hydrogen) atoms. The summed E-state index contributed by atoms with van der Waals surface area (Å²) in [6.45, 7) is 7.83. The first-order valence-electron chi connectivity index (χ1n) is 13.4. The minimum absolute atomic E-state index is 0.0694. The zero-order chi connectivity index (χ0) is 27.4. The predicted molar refractivity (Wildman–Crippen MR) is 151 cm³/mol. The van der Waals surface area contributed by atoms with E-state index in [2.05, 4.69) is 30.4 Å². The second kappa shape index (κ2) is 11.5. The molecule has 0 aliphatic carbocycles. The van der Waals surface area contributed by atoms with Crippen LogP contribution in [0.5, 0.6) is 5.75 Å². The van der Waals surface area contributed by atoms with Crippen LogP contribution >= 0.6 is 0 Å². The molecule has 3 N–H and O–H groups in total. The van der Waals surface area contributed by atoms with Crippen LogP contribution in [0.25, 0.3) is 0 Å². The molecule has 0 unspecified atom stereocenters. The van der Waals surface area contributed by atoms with Crippen LogP contribution in [0.3, 0.4) is 0 Å². The minimum atomic E-state index is -0.302. The molecule has 0 saturated carbocycles. The largest absolute Gasteiger partial charge is 0.506 e. The second-order valence-corrected chi connectivity index (χ2v) is 9.98. The van der Waals surface area contributed by atoms with Gasteiger partial charge in [-0.05, 0) is 50.5 Å². The summed E-state index contributed by atoms with van der Waals surface area (Å²) < 4.78 is 0. The number of anilines is 5. The highest BCUT2D eigenvalue weighted by atomic mass is 16.3. The van der Waals surface area contributed by atoms with Crippen molar-refractivity contribution in [2.45, 2.75) is 33.1 Å². The Bertz CT molecular complexity index is 1330. The predicted octanol–water partition coefficient (Wildman–Crippen LogP) is 3.54. The van der Waals surface area contributed by atoms with E-state index in [0.29, 0.717) is 61.0 Å². The van der Waals surface area contributed by atoms with E-state index in [0.717, 1.165) is 31.5 Å². The second-order valence-electron chi connectivity index (χ2n) is 9.98. The lowest BCUT2D eigenvalue weighted by molar-refractivity contribution is -0.129. The van der Waals surface area contributed by atoms with Crippen molar-refractivity contribution < 1.29 is 14.7 Å². The van der Waals surface area contributed by atoms with Gasteiger partial charge in [-0.2, -0.15) is 15.0 Å². The zero-order valence-electron chi connectivity index (χ0n) is 22.4. The number of carbonyl (C=O) groups excluding carboxylic acids is 2. The third kappa shape index (κ3) is 6.36. The molecular formula is C28H34N8O3. The third-order valence-electron chi connectivity index (χ3n) is 7.07. The van der Waals surface area contributed by atoms with E-state index in [1.54, 1.807) is 31.2 Å². The van der Waals surface area contributed by atoms with Crippen LogP contribution in [-0.4, -0.2) is 76.0 Å². The quantitative estimate of drug-likeness (QED) is 0.410. The van der Waals surface area contributed by atoms with Crippen molar-refractivity contribution in [2.24, 2.45) is 0 Å². The molecule has 0 atom stereocenters. The van der Waals surface area contributed by atoms with Crippen LogP contribution in [0.4, 0.5) is 29.2 Å². The molecule has 0 spiro atoms. The average Bonchev–Trinajstić information content (AvgIpc) is 2.95. The number of amides is 2. The monoisotopic (exact) mass is 530 g/mol. The number of hydrogen-bond donors (Lipinski definition) is 3. The van der Waals surface area contributed by atoms with Gasteiger partial charge in [-0.15, -0.1) is 0 Å². The number of benzene rings is 2. The number of carbonyl (C=O) groups is 2. The standard InChI is InChI=1S/C28H34N8O3/c1-19-6-8-21(9-7-19)25(39)30-23-11-10-22(18-24(23)38)29-26-31-27(35-12-4-3-5-13-35)33-28(32-26)36-16-14-34(15-17-36)20(2)37/h6-11,18,38H,3-5,12-17H2,1-2H3,(H,30,39)(H,29,31,32,33). The Morgan fingerprint density at radius 3 is 2.08 bits per heavy atom. The van der Waals surface area contributed by atoms with Crippen molar-refractivity contribution in [1.29, 1.82) is 0 Å². The van der Waals surface area contributed by atoms with E-state index >= 15 is 0 Å². The molecule has 2 aromatic carbocycles. The Labute approximate surface area is 227 Å². The van der Waals surface area contributed by atoms with Crippen molar-refractivity contribution >= 4 is 41.0 Å². The van der Waals surface area contributed by atoms with Crippen LogP contribution < -0.4 is 20.4 Å². The summed E-state index contributed by atoms with van der Waals surface area (Å²) in [5.41, 5.74) is 2.45. The van der Waals surface area contributed by atoms with Crippen molar-refractivity contribution in [1.82, 2.24) is 19.9 Å². The maximum atomic E-state index is 12.6. The molecule has 0 bridgehead atoms. The van der Waals surface area contributed by atoms with Gasteiger partial charge in [-0.3, -0.25) is 9.59 Å². The van der Waals surface area contributed by atoms with Crippen LogP contribution in [0.1, 0.15) is 42.1 Å². The Morgan fingerprint density at radius 1 is 0.821 bits per heavy atom. The Kier molecular flexibility index (Phi) is 7.76. The molecule has 2 aliphatic heterocycles. The molecule has 204 valence electrons. The highest BCUT2D eigenvalue weighted by Gasteiger charge is 2.24. The molecule has 2 saturated heterocycles. The molecule has 2 amide bonds. The molecular weight excluding hydrogens is 496 g/mol. The zero-order valence-corrected chi connectivity index (χ0v) is 22.4. The van der Waals surface area contributed by atoms with Gasteiger partial charge in [0.05, 0.1) is 5.69 Å². The maximum absolute atomic E-state index is 12.6. The first-order chi connectivity index (χ1) is 18.9. The number of nitrogens with one attached hydrogen (secondary N) is 2. The lowest BCUT2D eigenvalue weighted by Gasteiger charge is -2.35. The first-order valence-corrected chi connectivity index (χ1v) is 13.4. The summed E-state index contributed by atoms with van der Waals surface area (Å²) in [6, 6.07) is 12.1. The molecule has 2 fully saturated rings. The number of piperidine rings is 1. The number of piperazine rings is 1. The molecule has 3 heterocycles. The van der Waals surface area contributed by atoms with E-state index in [1.807, 2.05) is 24.0 Å². The van der Waals surface area contributed by atoms with E-state index in [9.17, 15) is 14.7 Å². The average molecular weight is 531 g/mol. The third-order valence-corrected chi connectivity index (χ3v) is 7.07. The first kappa shape index (κ1) is 26.2. The van der Waals surface area contributed by atoms with Crippen LogP contribution in [0.15, 0.2) is 42.5 Å². The van der Waals surface area contributed by atoms with Crippen molar-refractivity contribution in [3.8, 4) is 5.75 Å². The van der Waals surface area contributed by atoms with Gasteiger partial charge >= 0.3 is 0 Å². The van der Waals surface area contributed by atoms with E-state index in [1.165, 1.54) is 12.5 Å². The number of rotatable bonds is 6. The number of phenolic OH excluding ortho intramolecular Hbond substituents is 1. The molecule has 11 nitrogen and oxygen atoms in total. The normalized spacial score (nSPS) is 15.7. The number of aromatic nitrogens is 3. The van der Waals surface area contributed by atoms with Gasteiger partial charge in [0, 0.05) is 63.5 Å². The fourth-order valence-electron chi connectivity index (χ4n) is 4.75. The maximum Gasteiger partial charge on any atom is 0.255 e. The fourth-order valence-corrected chi connectivity index (χ4v) is 4.75. The molecule has 0 radical (unpaired) electrons. The Hall–Kier alpha value is -4.41. The highest BCUT2D eigenvalue weighted by molar-refractivity contribution is 6.05. The van der Waals surface area contributed by atoms with Gasteiger partial charge in [0.2, 0.25) is 23.8 Å². The van der Waals surface area contributed by atoms with Crippen LogP contribution in [0.2, 0.25) is 0 Å². The number of phenols is 1. The van der Waals surface area contributed by atoms with Crippen molar-refractivity contribution in [3.05, 3.63) is 53.6 Å². The van der Waals surface area contributed by atoms with E-state index in [-0.39, 0.29) is 17.6 Å². The van der Waals surface area contributed by atoms with Crippen LogP contribution in [0, 0.1) is 6.92 Å². The highest BCUT2D eigenvalue weighted by Crippen LogP contribution is 2.29. The summed E-state index contributed by atoms with van der Waals surface area (Å²) in [6.07, 6.45) is 3.37. The number of aromatic hydroxyl groups is 1. The fraction of sp³-hybridized carbons (Fsp3) is 0.393. The summed E-state index contributed by atoms with van der Waals surface area (Å²) in [7, 11) is 0. The molecule has 1 aromatic heterocycles. The molecule has 3 aromatic rings. The summed E-state index contributed by atoms with van der Waals surface area (Å²) in [4.78, 5) is 44.6. The molecule has 5 rings (SSSR count). The van der Waals surface area contributed by atoms with Crippen LogP contribution in [-0.2, 0) is 4.79 Å². The Balaban J connectivity index is 1.34. The summed E-state index contributed by atoms with van der Waals surface area (Å²) in [5.74, 6) is 1.23. The van der Waals surface area contributed by atoms with Crippen molar-refractivity contribution in [3.63, 3.8) is 0 Å². The van der Waals surface area contributed by atoms with Gasteiger partial charge in [-0.1, -0.05) is 17.7 Å². The SMILES string of the molecule is CC(=O)N1CCN(c2nc(Nc3ccc(NC(=O)c4ccc(C)cc4)c(O)c3)nc(N3CCCCC3)n2)CC1. The van der Waals surface area contributed by atoms with E-state index < -0.39 is 0 Å². The van der Waals surface area contributed by atoms with E-state index in [4.69, 9.17) is 4.98 Å². The molecule has 11 heteroatoms. The van der Waals surface area contributed by atoms with Gasteiger partial charge in [0.1, 0.15) is 5.75 Å². The lowest BCUT2D eigenvalue weighted by atomic mass is 10.1. The van der Waals surface area contributed by atoms with Gasteiger partial charge < -0.3 is 30.4 Å². The summed E-state index contributed by atoms with van der Waals surface area (Å²) >= 11 is 0. The number of hydrogen-bond acceptors (Lipinski definition) is 9. The smallest absolute Gasteiger partial charge is 0.255 e. The number of nitrogens with zero attached hydrogens (tertiary/aromatic N) is 6. The topological polar surface area (TPSA) is 127 Å². The molecule has 2 aliphatic rings. The van der Waals surface area contributed by atoms with Gasteiger partial charge in [0.25, 0.3) is 5.91 Å². The minimum Gasteiger partial charge on any atom is -0.506 e.